The Hall–Kier alpha value is -1.92. The van der Waals surface area contributed by atoms with Crippen molar-refractivity contribution < 1.29 is 9.59 Å². The average molecular weight is 471 g/mol. The molecule has 3 rings (SSSR count). The van der Waals surface area contributed by atoms with Gasteiger partial charge in [-0.05, 0) is 47.6 Å². The van der Waals surface area contributed by atoms with Crippen LogP contribution in [-0.4, -0.2) is 36.2 Å². The van der Waals surface area contributed by atoms with E-state index in [9.17, 15) is 9.59 Å². The van der Waals surface area contributed by atoms with Crippen LogP contribution in [-0.2, 0) is 0 Å². The van der Waals surface area contributed by atoms with Crippen molar-refractivity contribution in [2.75, 3.05) is 35.2 Å². The zero-order valence-corrected chi connectivity index (χ0v) is 21.6. The molecule has 2 aromatic carbocycles. The van der Waals surface area contributed by atoms with Crippen LogP contribution in [0.15, 0.2) is 34.1 Å². The van der Waals surface area contributed by atoms with E-state index in [2.05, 4.69) is 52.2 Å². The van der Waals surface area contributed by atoms with Crippen molar-refractivity contribution in [3.05, 3.63) is 46.5 Å². The predicted octanol–water partition coefficient (Wildman–Crippen LogP) is 6.82. The van der Waals surface area contributed by atoms with Crippen LogP contribution >= 0.6 is 23.5 Å². The van der Waals surface area contributed by atoms with Crippen molar-refractivity contribution in [2.45, 2.75) is 51.3 Å². The van der Waals surface area contributed by atoms with Gasteiger partial charge in [0.25, 0.3) is 0 Å². The van der Waals surface area contributed by atoms with Gasteiger partial charge >= 0.3 is 0 Å². The highest BCUT2D eigenvalue weighted by Crippen LogP contribution is 2.43. The summed E-state index contributed by atoms with van der Waals surface area (Å²) in [5.74, 6) is 2.42. The van der Waals surface area contributed by atoms with Gasteiger partial charge in [-0.25, -0.2) is 0 Å². The first-order valence-corrected chi connectivity index (χ1v) is 13.4. The van der Waals surface area contributed by atoms with Gasteiger partial charge in [0.15, 0.2) is 11.6 Å². The van der Waals surface area contributed by atoms with Gasteiger partial charge in [0.05, 0.1) is 11.1 Å². The number of nitrogens with one attached hydrogen (secondary N) is 2. The van der Waals surface area contributed by atoms with Crippen LogP contribution < -0.4 is 10.6 Å². The maximum absolute atomic E-state index is 14.0. The van der Waals surface area contributed by atoms with Crippen molar-refractivity contribution in [1.82, 2.24) is 0 Å². The van der Waals surface area contributed by atoms with Gasteiger partial charge < -0.3 is 10.6 Å². The Balaban J connectivity index is 2.25. The third kappa shape index (κ3) is 5.01. The SMILES string of the molecule is CCSc1ccc(SCC)c2c1C(=O)c1c(NCC(C)C)ccc(NCC(C)C)c1C2=O. The molecule has 0 aromatic heterocycles. The highest BCUT2D eigenvalue weighted by Gasteiger charge is 2.37. The van der Waals surface area contributed by atoms with E-state index in [4.69, 9.17) is 0 Å². The lowest BCUT2D eigenvalue weighted by molar-refractivity contribution is 0.0975. The van der Waals surface area contributed by atoms with Crippen molar-refractivity contribution in [3.63, 3.8) is 0 Å². The van der Waals surface area contributed by atoms with Crippen molar-refractivity contribution in [3.8, 4) is 0 Å². The Kier molecular flexibility index (Phi) is 8.34. The van der Waals surface area contributed by atoms with Crippen LogP contribution in [0.1, 0.15) is 73.4 Å². The maximum Gasteiger partial charge on any atom is 0.197 e. The molecule has 0 amide bonds. The number of rotatable bonds is 10. The molecular weight excluding hydrogens is 436 g/mol. The smallest absolute Gasteiger partial charge is 0.197 e. The van der Waals surface area contributed by atoms with Crippen molar-refractivity contribution >= 4 is 46.5 Å². The molecule has 0 heterocycles. The standard InChI is InChI=1S/C26H34N2O2S2/c1-7-31-19-11-12-20(32-8-2)24-23(19)25(29)21-17(27-13-15(3)4)9-10-18(22(21)26(24)30)28-14-16(5)6/h9-12,15-16,27-28H,7-8,13-14H2,1-6H3. The molecule has 0 aliphatic heterocycles. The van der Waals surface area contributed by atoms with Gasteiger partial charge in [-0.15, -0.1) is 23.5 Å². The molecule has 0 saturated carbocycles. The van der Waals surface area contributed by atoms with Gasteiger partial charge in [-0.2, -0.15) is 0 Å². The van der Waals surface area contributed by atoms with E-state index in [0.717, 1.165) is 45.8 Å². The summed E-state index contributed by atoms with van der Waals surface area (Å²) < 4.78 is 0. The van der Waals surface area contributed by atoms with Crippen LogP contribution in [0.3, 0.4) is 0 Å². The molecule has 2 N–H and O–H groups in total. The van der Waals surface area contributed by atoms with Crippen LogP contribution in [0.25, 0.3) is 0 Å². The fourth-order valence-corrected chi connectivity index (χ4v) is 5.44. The first kappa shape index (κ1) is 24.7. The van der Waals surface area contributed by atoms with Crippen molar-refractivity contribution in [1.29, 1.82) is 0 Å². The molecule has 0 fully saturated rings. The lowest BCUT2D eigenvalue weighted by atomic mass is 9.82. The van der Waals surface area contributed by atoms with E-state index in [1.807, 2.05) is 24.3 Å². The number of fused-ring (bicyclic) bond motifs is 2. The maximum atomic E-state index is 14.0. The van der Waals surface area contributed by atoms with Gasteiger partial charge in [-0.3, -0.25) is 9.59 Å². The predicted molar refractivity (Wildman–Crippen MR) is 139 cm³/mol. The zero-order valence-electron chi connectivity index (χ0n) is 19.9. The van der Waals surface area contributed by atoms with Crippen LogP contribution in [0.5, 0.6) is 0 Å². The summed E-state index contributed by atoms with van der Waals surface area (Å²) in [4.78, 5) is 29.8. The minimum atomic E-state index is -0.0523. The molecule has 1 aliphatic rings. The molecule has 0 spiro atoms. The second kappa shape index (κ2) is 10.8. The number of carbonyl (C=O) groups excluding carboxylic acids is 2. The van der Waals surface area contributed by atoms with Crippen LogP contribution in [0.4, 0.5) is 11.4 Å². The Labute approximate surface area is 200 Å². The van der Waals surface area contributed by atoms with E-state index in [-0.39, 0.29) is 11.6 Å². The lowest BCUT2D eigenvalue weighted by Gasteiger charge is -2.27. The summed E-state index contributed by atoms with van der Waals surface area (Å²) in [6.07, 6.45) is 0. The van der Waals surface area contributed by atoms with Gasteiger partial charge in [0.2, 0.25) is 0 Å². The van der Waals surface area contributed by atoms with Gasteiger partial charge in [0, 0.05) is 45.4 Å². The Morgan fingerprint density at radius 2 is 1.03 bits per heavy atom. The van der Waals surface area contributed by atoms with E-state index in [1.165, 1.54) is 0 Å². The molecule has 2 aromatic rings. The summed E-state index contributed by atoms with van der Waals surface area (Å²) in [5, 5.41) is 6.85. The first-order valence-electron chi connectivity index (χ1n) is 11.5. The average Bonchev–Trinajstić information content (AvgIpc) is 2.75. The van der Waals surface area contributed by atoms with Gasteiger partial charge in [0.1, 0.15) is 0 Å². The highest BCUT2D eigenvalue weighted by molar-refractivity contribution is 7.99. The second-order valence-corrected chi connectivity index (χ2v) is 11.4. The number of carbonyl (C=O) groups is 2. The molecule has 0 saturated heterocycles. The summed E-state index contributed by atoms with van der Waals surface area (Å²) in [5.41, 5.74) is 3.65. The lowest BCUT2D eigenvalue weighted by Crippen LogP contribution is -2.26. The van der Waals surface area contributed by atoms with E-state index >= 15 is 0 Å². The minimum absolute atomic E-state index is 0.0523. The highest BCUT2D eigenvalue weighted by atomic mass is 32.2. The summed E-state index contributed by atoms with van der Waals surface area (Å²) in [6.45, 7) is 14.1. The molecule has 32 heavy (non-hydrogen) atoms. The number of anilines is 2. The summed E-state index contributed by atoms with van der Waals surface area (Å²) >= 11 is 3.24. The molecule has 6 heteroatoms. The molecule has 1 aliphatic carbocycles. The molecule has 0 unspecified atom stereocenters. The number of ketones is 2. The number of hydrogen-bond acceptors (Lipinski definition) is 6. The van der Waals surface area contributed by atoms with Crippen LogP contribution in [0, 0.1) is 11.8 Å². The van der Waals surface area contributed by atoms with Crippen molar-refractivity contribution in [2.24, 2.45) is 11.8 Å². The molecule has 0 radical (unpaired) electrons. The molecule has 0 bridgehead atoms. The molecular formula is C26H34N2O2S2. The second-order valence-electron chi connectivity index (χ2n) is 8.80. The summed E-state index contributed by atoms with van der Waals surface area (Å²) in [6, 6.07) is 7.89. The normalized spacial score (nSPS) is 12.9. The largest absolute Gasteiger partial charge is 0.384 e. The monoisotopic (exact) mass is 470 g/mol. The van der Waals surface area contributed by atoms with Gasteiger partial charge in [-0.1, -0.05) is 41.5 Å². The number of thioether (sulfide) groups is 2. The quantitative estimate of drug-likeness (QED) is 0.317. The Morgan fingerprint density at radius 1 is 0.656 bits per heavy atom. The molecule has 0 atom stereocenters. The number of benzene rings is 2. The van der Waals surface area contributed by atoms with E-state index < -0.39 is 0 Å². The minimum Gasteiger partial charge on any atom is -0.384 e. The molecule has 4 nitrogen and oxygen atoms in total. The van der Waals surface area contributed by atoms with E-state index in [0.29, 0.717) is 34.1 Å². The fraction of sp³-hybridized carbons (Fsp3) is 0.462. The third-order valence-corrected chi connectivity index (χ3v) is 7.12. The van der Waals surface area contributed by atoms with E-state index in [1.54, 1.807) is 23.5 Å². The Bertz CT molecular complexity index is 935. The third-order valence-electron chi connectivity index (χ3n) is 5.24. The first-order chi connectivity index (χ1) is 15.3. The summed E-state index contributed by atoms with van der Waals surface area (Å²) in [7, 11) is 0. The molecule has 172 valence electrons. The fourth-order valence-electron chi connectivity index (χ4n) is 3.81. The zero-order chi connectivity index (χ0) is 23.4. The number of hydrogen-bond donors (Lipinski definition) is 2. The Morgan fingerprint density at radius 3 is 1.34 bits per heavy atom. The topological polar surface area (TPSA) is 58.2 Å². The van der Waals surface area contributed by atoms with Crippen LogP contribution in [0.2, 0.25) is 0 Å².